The molecular formula is C14H16ClN3OS. The Kier molecular flexibility index (Phi) is 4.30. The van der Waals surface area contributed by atoms with Gasteiger partial charge >= 0.3 is 0 Å². The Morgan fingerprint density at radius 3 is 2.70 bits per heavy atom. The molecule has 2 rings (SSSR count). The van der Waals surface area contributed by atoms with Crippen LogP contribution in [-0.2, 0) is 4.79 Å². The largest absolute Gasteiger partial charge is 0.351 e. The van der Waals surface area contributed by atoms with E-state index in [4.69, 9.17) is 23.8 Å². The van der Waals surface area contributed by atoms with Crippen LogP contribution >= 0.6 is 23.8 Å². The summed E-state index contributed by atoms with van der Waals surface area (Å²) in [6.45, 7) is 1.85. The molecule has 1 aromatic carbocycles. The van der Waals surface area contributed by atoms with Crippen LogP contribution in [0.15, 0.2) is 35.5 Å². The third-order valence-corrected chi connectivity index (χ3v) is 3.54. The summed E-state index contributed by atoms with van der Waals surface area (Å²) in [5.41, 5.74) is 2.31. The summed E-state index contributed by atoms with van der Waals surface area (Å²) in [5, 5.41) is 7.26. The second kappa shape index (κ2) is 5.81. The van der Waals surface area contributed by atoms with Gasteiger partial charge in [-0.2, -0.15) is 0 Å². The van der Waals surface area contributed by atoms with Crippen molar-refractivity contribution in [3.05, 3.63) is 46.1 Å². The standard InChI is InChI=1S/C14H16ClN3OS/c1-8-11(13(19)18(2)3)12(17-14(20)16-8)9-5-4-6-10(15)7-9/h4-7,12H,1-3H3,(H2,16,17,20). The molecule has 1 unspecified atom stereocenters. The zero-order valence-electron chi connectivity index (χ0n) is 11.5. The number of rotatable bonds is 2. The summed E-state index contributed by atoms with van der Waals surface area (Å²) in [4.78, 5) is 13.9. The smallest absolute Gasteiger partial charge is 0.253 e. The molecule has 1 aromatic rings. The molecule has 6 heteroatoms. The predicted molar refractivity (Wildman–Crippen MR) is 84.5 cm³/mol. The number of nitrogens with one attached hydrogen (secondary N) is 2. The number of likely N-dealkylation sites (N-methyl/N-ethyl adjacent to an activating group) is 1. The predicted octanol–water partition coefficient (Wildman–Crippen LogP) is 2.22. The number of amides is 1. The van der Waals surface area contributed by atoms with Gasteiger partial charge in [0, 0.05) is 24.8 Å². The summed E-state index contributed by atoms with van der Waals surface area (Å²) in [6, 6.07) is 7.13. The minimum Gasteiger partial charge on any atom is -0.351 e. The van der Waals surface area contributed by atoms with Crippen LogP contribution in [0.4, 0.5) is 0 Å². The highest BCUT2D eigenvalue weighted by atomic mass is 35.5. The van der Waals surface area contributed by atoms with E-state index < -0.39 is 0 Å². The van der Waals surface area contributed by atoms with Crippen molar-refractivity contribution in [3.8, 4) is 0 Å². The lowest BCUT2D eigenvalue weighted by Crippen LogP contribution is -2.46. The molecule has 4 nitrogen and oxygen atoms in total. The molecule has 0 saturated heterocycles. The Balaban J connectivity index is 2.50. The normalized spacial score (nSPS) is 18.4. The van der Waals surface area contributed by atoms with E-state index in [0.717, 1.165) is 11.3 Å². The Morgan fingerprint density at radius 1 is 1.40 bits per heavy atom. The minimum absolute atomic E-state index is 0.0602. The van der Waals surface area contributed by atoms with Crippen molar-refractivity contribution < 1.29 is 4.79 Å². The van der Waals surface area contributed by atoms with Crippen LogP contribution in [0.3, 0.4) is 0 Å². The summed E-state index contributed by atoms with van der Waals surface area (Å²) >= 11 is 11.2. The van der Waals surface area contributed by atoms with Crippen molar-refractivity contribution in [1.82, 2.24) is 15.5 Å². The molecule has 0 bridgehead atoms. The van der Waals surface area contributed by atoms with Gasteiger partial charge in [0.15, 0.2) is 5.11 Å². The van der Waals surface area contributed by atoms with Crippen molar-refractivity contribution in [2.75, 3.05) is 14.1 Å². The summed E-state index contributed by atoms with van der Waals surface area (Å²) in [6.07, 6.45) is 0. The highest BCUT2D eigenvalue weighted by Gasteiger charge is 2.30. The molecule has 1 aliphatic rings. The zero-order chi connectivity index (χ0) is 14.9. The van der Waals surface area contributed by atoms with E-state index in [0.29, 0.717) is 15.7 Å². The maximum Gasteiger partial charge on any atom is 0.253 e. The topological polar surface area (TPSA) is 44.4 Å². The van der Waals surface area contributed by atoms with Crippen LogP contribution in [0.2, 0.25) is 5.02 Å². The lowest BCUT2D eigenvalue weighted by molar-refractivity contribution is -0.125. The lowest BCUT2D eigenvalue weighted by Gasteiger charge is -2.31. The third-order valence-electron chi connectivity index (χ3n) is 3.09. The van der Waals surface area contributed by atoms with Gasteiger partial charge in [0.05, 0.1) is 11.6 Å². The number of halogens is 1. The number of allylic oxidation sites excluding steroid dienone is 1. The number of hydrogen-bond acceptors (Lipinski definition) is 2. The van der Waals surface area contributed by atoms with E-state index in [1.807, 2.05) is 25.1 Å². The van der Waals surface area contributed by atoms with E-state index in [1.54, 1.807) is 25.1 Å². The maximum absolute atomic E-state index is 12.4. The average molecular weight is 310 g/mol. The Morgan fingerprint density at radius 2 is 2.10 bits per heavy atom. The molecule has 1 aliphatic heterocycles. The molecule has 0 saturated carbocycles. The molecule has 0 aliphatic carbocycles. The molecular weight excluding hydrogens is 294 g/mol. The van der Waals surface area contributed by atoms with Crippen molar-refractivity contribution in [1.29, 1.82) is 0 Å². The first kappa shape index (κ1) is 14.8. The monoisotopic (exact) mass is 309 g/mol. The number of thiocarbonyl (C=S) groups is 1. The molecule has 20 heavy (non-hydrogen) atoms. The van der Waals surface area contributed by atoms with Crippen molar-refractivity contribution in [2.24, 2.45) is 0 Å². The van der Waals surface area contributed by atoms with Crippen LogP contribution in [-0.4, -0.2) is 30.0 Å². The summed E-state index contributed by atoms with van der Waals surface area (Å²) in [5.74, 6) is -0.0602. The van der Waals surface area contributed by atoms with Gasteiger partial charge in [-0.25, -0.2) is 0 Å². The molecule has 1 amide bonds. The highest BCUT2D eigenvalue weighted by molar-refractivity contribution is 7.80. The highest BCUT2D eigenvalue weighted by Crippen LogP contribution is 2.29. The van der Waals surface area contributed by atoms with Gasteiger partial charge in [0.2, 0.25) is 0 Å². The summed E-state index contributed by atoms with van der Waals surface area (Å²) < 4.78 is 0. The number of carbonyl (C=O) groups excluding carboxylic acids is 1. The van der Waals surface area contributed by atoms with Gasteiger partial charge in [0.25, 0.3) is 5.91 Å². The third kappa shape index (κ3) is 2.94. The zero-order valence-corrected chi connectivity index (χ0v) is 13.1. The molecule has 2 N–H and O–H groups in total. The van der Waals surface area contributed by atoms with Gasteiger partial charge in [0.1, 0.15) is 0 Å². The quantitative estimate of drug-likeness (QED) is 0.822. The van der Waals surface area contributed by atoms with Crippen LogP contribution in [0.25, 0.3) is 0 Å². The van der Waals surface area contributed by atoms with Gasteiger partial charge < -0.3 is 15.5 Å². The first-order chi connectivity index (χ1) is 9.40. The fraction of sp³-hybridized carbons (Fsp3) is 0.286. The van der Waals surface area contributed by atoms with Crippen molar-refractivity contribution in [2.45, 2.75) is 13.0 Å². The van der Waals surface area contributed by atoms with Crippen LogP contribution < -0.4 is 10.6 Å². The number of nitrogens with zero attached hydrogens (tertiary/aromatic N) is 1. The average Bonchev–Trinajstić information content (AvgIpc) is 2.37. The van der Waals surface area contributed by atoms with Gasteiger partial charge in [-0.1, -0.05) is 23.7 Å². The van der Waals surface area contributed by atoms with Crippen molar-refractivity contribution in [3.63, 3.8) is 0 Å². The minimum atomic E-state index is -0.294. The fourth-order valence-corrected chi connectivity index (χ4v) is 2.62. The lowest BCUT2D eigenvalue weighted by atomic mass is 9.95. The fourth-order valence-electron chi connectivity index (χ4n) is 2.15. The van der Waals surface area contributed by atoms with Gasteiger partial charge in [-0.3, -0.25) is 4.79 Å². The van der Waals surface area contributed by atoms with Crippen molar-refractivity contribution >= 4 is 34.8 Å². The van der Waals surface area contributed by atoms with Crippen LogP contribution in [0.1, 0.15) is 18.5 Å². The van der Waals surface area contributed by atoms with Gasteiger partial charge in [-0.15, -0.1) is 0 Å². The van der Waals surface area contributed by atoms with E-state index in [-0.39, 0.29) is 11.9 Å². The first-order valence-corrected chi connectivity index (χ1v) is 6.94. The van der Waals surface area contributed by atoms with Crippen LogP contribution in [0, 0.1) is 0 Å². The van der Waals surface area contributed by atoms with E-state index in [9.17, 15) is 4.79 Å². The number of carbonyl (C=O) groups is 1. The molecule has 0 spiro atoms. The number of hydrogen-bond donors (Lipinski definition) is 2. The molecule has 1 heterocycles. The molecule has 106 valence electrons. The van der Waals surface area contributed by atoms with Crippen LogP contribution in [0.5, 0.6) is 0 Å². The number of benzene rings is 1. The second-order valence-corrected chi connectivity index (χ2v) is 5.67. The molecule has 0 fully saturated rings. The molecule has 1 atom stereocenters. The van der Waals surface area contributed by atoms with Gasteiger partial charge in [-0.05, 0) is 36.8 Å². The SMILES string of the molecule is CC1=C(C(=O)N(C)C)C(c2cccc(Cl)c2)NC(=S)N1. The Bertz CT molecular complexity index is 598. The van der Waals surface area contributed by atoms with E-state index >= 15 is 0 Å². The van der Waals surface area contributed by atoms with E-state index in [1.165, 1.54) is 0 Å². The van der Waals surface area contributed by atoms with E-state index in [2.05, 4.69) is 10.6 Å². The Hall–Kier alpha value is -1.59. The summed E-state index contributed by atoms with van der Waals surface area (Å²) in [7, 11) is 3.45. The molecule has 0 aromatic heterocycles. The first-order valence-electron chi connectivity index (χ1n) is 6.15. The maximum atomic E-state index is 12.4. The molecule has 0 radical (unpaired) electrons. The Labute approximate surface area is 128 Å². The second-order valence-electron chi connectivity index (χ2n) is 4.82.